The average Bonchev–Trinajstić information content (AvgIpc) is 2.96. The molecule has 0 saturated carbocycles. The topological polar surface area (TPSA) is 68.8 Å². The second-order valence-electron chi connectivity index (χ2n) is 5.21. The van der Waals surface area contributed by atoms with Crippen molar-refractivity contribution < 1.29 is 4.52 Å². The molecule has 0 bridgehead atoms. The zero-order valence-corrected chi connectivity index (χ0v) is 11.9. The molecule has 0 aliphatic heterocycles. The number of likely N-dealkylation sites (N-methyl/N-ethyl adjacent to an activating group) is 1. The highest BCUT2D eigenvalue weighted by Crippen LogP contribution is 2.15. The molecular weight excluding hydrogens is 242 g/mol. The lowest BCUT2D eigenvalue weighted by Crippen LogP contribution is -2.29. The molecule has 0 radical (unpaired) electrons. The fraction of sp³-hybridized carbons (Fsp3) is 0.615. The van der Waals surface area contributed by atoms with Gasteiger partial charge in [-0.1, -0.05) is 19.0 Å². The van der Waals surface area contributed by atoms with E-state index in [0.717, 1.165) is 18.5 Å². The van der Waals surface area contributed by atoms with Crippen molar-refractivity contribution in [1.29, 1.82) is 0 Å². The fourth-order valence-electron chi connectivity index (χ4n) is 2.06. The maximum atomic E-state index is 5.29. The van der Waals surface area contributed by atoms with Crippen molar-refractivity contribution in [3.8, 4) is 11.5 Å². The second-order valence-corrected chi connectivity index (χ2v) is 5.21. The highest BCUT2D eigenvalue weighted by Gasteiger charge is 2.16. The summed E-state index contributed by atoms with van der Waals surface area (Å²) in [5.41, 5.74) is 0.738. The molecule has 2 aromatic rings. The van der Waals surface area contributed by atoms with Gasteiger partial charge >= 0.3 is 0 Å². The normalized spacial score (nSPS) is 13.1. The van der Waals surface area contributed by atoms with Crippen LogP contribution in [-0.4, -0.2) is 33.0 Å². The lowest BCUT2D eigenvalue weighted by molar-refractivity contribution is 0.345. The first-order valence-corrected chi connectivity index (χ1v) is 6.58. The molecule has 1 atom stereocenters. The predicted octanol–water partition coefficient (Wildman–Crippen LogP) is 1.65. The van der Waals surface area contributed by atoms with Gasteiger partial charge in [-0.05, 0) is 25.5 Å². The number of hydrogen-bond donors (Lipinski definition) is 1. The Balaban J connectivity index is 2.04. The molecular formula is C13H21N5O. The SMILES string of the molecule is CNC(Cc1nc(-c2ccn(C)n2)no1)CC(C)C. The molecule has 2 heterocycles. The minimum absolute atomic E-state index is 0.358. The van der Waals surface area contributed by atoms with Crippen LogP contribution in [0.5, 0.6) is 0 Å². The maximum Gasteiger partial charge on any atom is 0.228 e. The molecule has 6 nitrogen and oxygen atoms in total. The zero-order chi connectivity index (χ0) is 13.8. The van der Waals surface area contributed by atoms with Crippen LogP contribution in [0.2, 0.25) is 0 Å². The molecule has 19 heavy (non-hydrogen) atoms. The number of aromatic nitrogens is 4. The van der Waals surface area contributed by atoms with Gasteiger partial charge in [0.1, 0.15) is 5.69 Å². The largest absolute Gasteiger partial charge is 0.339 e. The van der Waals surface area contributed by atoms with E-state index in [1.807, 2.05) is 26.4 Å². The molecule has 0 spiro atoms. The van der Waals surface area contributed by atoms with E-state index in [-0.39, 0.29) is 0 Å². The Bertz CT molecular complexity index is 517. The quantitative estimate of drug-likeness (QED) is 0.858. The van der Waals surface area contributed by atoms with Crippen LogP contribution in [0.3, 0.4) is 0 Å². The first-order chi connectivity index (χ1) is 9.08. The third kappa shape index (κ3) is 3.64. The van der Waals surface area contributed by atoms with Gasteiger partial charge in [-0.3, -0.25) is 4.68 Å². The summed E-state index contributed by atoms with van der Waals surface area (Å²) in [6, 6.07) is 2.23. The lowest BCUT2D eigenvalue weighted by atomic mass is 10.0. The Morgan fingerprint density at radius 3 is 2.79 bits per heavy atom. The molecule has 1 unspecified atom stereocenters. The van der Waals surface area contributed by atoms with Crippen LogP contribution in [0.15, 0.2) is 16.8 Å². The summed E-state index contributed by atoms with van der Waals surface area (Å²) < 4.78 is 7.01. The van der Waals surface area contributed by atoms with Crippen LogP contribution in [0.4, 0.5) is 0 Å². The van der Waals surface area contributed by atoms with Crippen molar-refractivity contribution in [3.63, 3.8) is 0 Å². The molecule has 0 aliphatic rings. The van der Waals surface area contributed by atoms with E-state index in [4.69, 9.17) is 4.52 Å². The maximum absolute atomic E-state index is 5.29. The molecule has 1 N–H and O–H groups in total. The van der Waals surface area contributed by atoms with Gasteiger partial charge in [-0.2, -0.15) is 10.1 Å². The Morgan fingerprint density at radius 1 is 1.42 bits per heavy atom. The Morgan fingerprint density at radius 2 is 2.21 bits per heavy atom. The Labute approximate surface area is 113 Å². The van der Waals surface area contributed by atoms with Gasteiger partial charge in [0.25, 0.3) is 0 Å². The summed E-state index contributed by atoms with van der Waals surface area (Å²) in [6.07, 6.45) is 3.69. The number of aryl methyl sites for hydroxylation is 1. The molecule has 2 rings (SSSR count). The van der Waals surface area contributed by atoms with Gasteiger partial charge in [-0.25, -0.2) is 0 Å². The van der Waals surface area contributed by atoms with Crippen molar-refractivity contribution in [1.82, 2.24) is 25.2 Å². The van der Waals surface area contributed by atoms with E-state index >= 15 is 0 Å². The highest BCUT2D eigenvalue weighted by molar-refractivity contribution is 5.46. The standard InChI is InChI=1S/C13H21N5O/c1-9(2)7-10(14-3)8-12-15-13(17-19-12)11-5-6-18(4)16-11/h5-6,9-10,14H,7-8H2,1-4H3. The van der Waals surface area contributed by atoms with Gasteiger partial charge < -0.3 is 9.84 Å². The van der Waals surface area contributed by atoms with Gasteiger partial charge in [0.15, 0.2) is 0 Å². The number of rotatable bonds is 6. The molecule has 0 amide bonds. The number of hydrogen-bond acceptors (Lipinski definition) is 5. The summed E-state index contributed by atoms with van der Waals surface area (Å²) in [4.78, 5) is 4.40. The van der Waals surface area contributed by atoms with Crippen LogP contribution < -0.4 is 5.32 Å². The van der Waals surface area contributed by atoms with Crippen LogP contribution in [0.25, 0.3) is 11.5 Å². The predicted molar refractivity (Wildman–Crippen MR) is 72.5 cm³/mol. The summed E-state index contributed by atoms with van der Waals surface area (Å²) in [5, 5.41) is 11.5. The Kier molecular flexibility index (Phi) is 4.31. The monoisotopic (exact) mass is 263 g/mol. The molecule has 6 heteroatoms. The number of nitrogens with one attached hydrogen (secondary N) is 1. The molecule has 2 aromatic heterocycles. The second kappa shape index (κ2) is 5.97. The molecule has 104 valence electrons. The lowest BCUT2D eigenvalue weighted by Gasteiger charge is -2.15. The third-order valence-corrected chi connectivity index (χ3v) is 3.00. The smallest absolute Gasteiger partial charge is 0.228 e. The van der Waals surface area contributed by atoms with Crippen molar-refractivity contribution in [2.24, 2.45) is 13.0 Å². The fourth-order valence-corrected chi connectivity index (χ4v) is 2.06. The van der Waals surface area contributed by atoms with E-state index in [1.54, 1.807) is 4.68 Å². The van der Waals surface area contributed by atoms with E-state index in [0.29, 0.717) is 23.7 Å². The zero-order valence-electron chi connectivity index (χ0n) is 11.9. The first kappa shape index (κ1) is 13.7. The average molecular weight is 263 g/mol. The van der Waals surface area contributed by atoms with Crippen LogP contribution in [0, 0.1) is 5.92 Å². The molecule has 0 saturated heterocycles. The van der Waals surface area contributed by atoms with Gasteiger partial charge in [0.05, 0.1) is 0 Å². The first-order valence-electron chi connectivity index (χ1n) is 6.58. The minimum Gasteiger partial charge on any atom is -0.339 e. The summed E-state index contributed by atoms with van der Waals surface area (Å²) in [5.74, 6) is 1.84. The molecule has 0 aromatic carbocycles. The van der Waals surface area contributed by atoms with Crippen molar-refractivity contribution in [2.75, 3.05) is 7.05 Å². The minimum atomic E-state index is 0.358. The van der Waals surface area contributed by atoms with Gasteiger partial charge in [-0.15, -0.1) is 0 Å². The summed E-state index contributed by atoms with van der Waals surface area (Å²) in [6.45, 7) is 4.41. The summed E-state index contributed by atoms with van der Waals surface area (Å²) in [7, 11) is 3.83. The Hall–Kier alpha value is -1.69. The van der Waals surface area contributed by atoms with Crippen molar-refractivity contribution >= 4 is 0 Å². The van der Waals surface area contributed by atoms with Crippen LogP contribution in [-0.2, 0) is 13.5 Å². The summed E-state index contributed by atoms with van der Waals surface area (Å²) >= 11 is 0. The van der Waals surface area contributed by atoms with Gasteiger partial charge in [0, 0.05) is 25.7 Å². The highest BCUT2D eigenvalue weighted by atomic mass is 16.5. The van der Waals surface area contributed by atoms with E-state index in [2.05, 4.69) is 34.4 Å². The van der Waals surface area contributed by atoms with Crippen molar-refractivity contribution in [3.05, 3.63) is 18.2 Å². The van der Waals surface area contributed by atoms with Gasteiger partial charge in [0.2, 0.25) is 11.7 Å². The third-order valence-electron chi connectivity index (χ3n) is 3.00. The van der Waals surface area contributed by atoms with Crippen LogP contribution in [0.1, 0.15) is 26.2 Å². The van der Waals surface area contributed by atoms with E-state index < -0.39 is 0 Å². The van der Waals surface area contributed by atoms with Crippen LogP contribution >= 0.6 is 0 Å². The number of nitrogens with zero attached hydrogens (tertiary/aromatic N) is 4. The molecule has 0 aliphatic carbocycles. The van der Waals surface area contributed by atoms with E-state index in [1.165, 1.54) is 0 Å². The van der Waals surface area contributed by atoms with Crippen molar-refractivity contribution in [2.45, 2.75) is 32.7 Å². The van der Waals surface area contributed by atoms with E-state index in [9.17, 15) is 0 Å². The molecule has 0 fully saturated rings.